The Balaban J connectivity index is 1.86. The first-order valence-corrected chi connectivity index (χ1v) is 7.96. The Morgan fingerprint density at radius 3 is 2.62 bits per heavy atom. The number of fused-ring (bicyclic) bond motifs is 1. The molecule has 0 spiro atoms. The zero-order valence-corrected chi connectivity index (χ0v) is 12.7. The lowest BCUT2D eigenvalue weighted by atomic mass is 9.75. The van der Waals surface area contributed by atoms with Gasteiger partial charge in [-0.15, -0.1) is 0 Å². The van der Waals surface area contributed by atoms with E-state index in [2.05, 4.69) is 29.8 Å². The topological polar surface area (TPSA) is 64.1 Å². The van der Waals surface area contributed by atoms with Crippen molar-refractivity contribution < 1.29 is 5.11 Å². The van der Waals surface area contributed by atoms with Crippen molar-refractivity contribution in [1.29, 1.82) is 0 Å². The summed E-state index contributed by atoms with van der Waals surface area (Å²) in [4.78, 5) is 4.83. The van der Waals surface area contributed by atoms with Gasteiger partial charge in [0.05, 0.1) is 11.0 Å². The smallest absolute Gasteiger partial charge is 0.114 e. The van der Waals surface area contributed by atoms with Gasteiger partial charge in [-0.25, -0.2) is 4.98 Å². The summed E-state index contributed by atoms with van der Waals surface area (Å²) < 4.78 is 2.20. The number of aliphatic hydroxyl groups is 1. The number of aliphatic hydroxyl groups excluding tert-OH is 1. The highest BCUT2D eigenvalue weighted by Crippen LogP contribution is 2.37. The van der Waals surface area contributed by atoms with Crippen LogP contribution in [-0.2, 0) is 7.05 Å². The second-order valence-corrected chi connectivity index (χ2v) is 6.32. The fourth-order valence-corrected chi connectivity index (χ4v) is 3.78. The van der Waals surface area contributed by atoms with Crippen LogP contribution in [0.1, 0.15) is 37.4 Å². The molecule has 4 heteroatoms. The van der Waals surface area contributed by atoms with Crippen molar-refractivity contribution in [2.45, 2.75) is 31.6 Å². The lowest BCUT2D eigenvalue weighted by Gasteiger charge is -2.32. The first-order valence-electron chi connectivity index (χ1n) is 7.96. The zero-order chi connectivity index (χ0) is 14.8. The van der Waals surface area contributed by atoms with Crippen molar-refractivity contribution in [2.24, 2.45) is 24.6 Å². The van der Waals surface area contributed by atoms with Crippen molar-refractivity contribution in [3.63, 3.8) is 0 Å². The third-order valence-corrected chi connectivity index (χ3v) is 5.13. The Morgan fingerprint density at radius 1 is 1.29 bits per heavy atom. The van der Waals surface area contributed by atoms with Crippen LogP contribution in [0.15, 0.2) is 24.3 Å². The third kappa shape index (κ3) is 2.70. The molecular formula is C17H25N3O. The molecule has 1 atom stereocenters. The minimum absolute atomic E-state index is 0.321. The van der Waals surface area contributed by atoms with Crippen molar-refractivity contribution in [3.05, 3.63) is 30.1 Å². The van der Waals surface area contributed by atoms with Crippen molar-refractivity contribution >= 4 is 11.0 Å². The van der Waals surface area contributed by atoms with Gasteiger partial charge in [-0.05, 0) is 49.7 Å². The molecule has 1 aliphatic rings. The van der Waals surface area contributed by atoms with E-state index in [1.165, 1.54) is 5.52 Å². The summed E-state index contributed by atoms with van der Waals surface area (Å²) >= 11 is 0. The second kappa shape index (κ2) is 6.16. The van der Waals surface area contributed by atoms with Gasteiger partial charge in [0.25, 0.3) is 0 Å². The molecule has 1 fully saturated rings. The van der Waals surface area contributed by atoms with E-state index in [1.807, 2.05) is 6.07 Å². The molecule has 3 N–H and O–H groups in total. The van der Waals surface area contributed by atoms with Gasteiger partial charge in [0.15, 0.2) is 0 Å². The molecule has 4 nitrogen and oxygen atoms in total. The third-order valence-electron chi connectivity index (χ3n) is 5.13. The SMILES string of the molecule is Cn1c(C(CN)C2CCC(CO)CC2)nc2ccccc21. The van der Waals surface area contributed by atoms with E-state index in [-0.39, 0.29) is 0 Å². The normalized spacial score (nSPS) is 24.3. The highest BCUT2D eigenvalue weighted by atomic mass is 16.3. The van der Waals surface area contributed by atoms with Gasteiger partial charge in [0.1, 0.15) is 5.82 Å². The van der Waals surface area contributed by atoms with Crippen LogP contribution in [0.25, 0.3) is 11.0 Å². The van der Waals surface area contributed by atoms with Gasteiger partial charge in [0.2, 0.25) is 0 Å². The number of imidazole rings is 1. The van der Waals surface area contributed by atoms with Crippen molar-refractivity contribution in [3.8, 4) is 0 Å². The van der Waals surface area contributed by atoms with Gasteiger partial charge < -0.3 is 15.4 Å². The lowest BCUT2D eigenvalue weighted by Crippen LogP contribution is -2.28. The number of benzene rings is 1. The largest absolute Gasteiger partial charge is 0.396 e. The molecule has 0 bridgehead atoms. The molecule has 1 aliphatic carbocycles. The maximum absolute atomic E-state index is 9.29. The molecule has 1 unspecified atom stereocenters. The highest BCUT2D eigenvalue weighted by molar-refractivity contribution is 5.75. The molecule has 2 aromatic rings. The predicted molar refractivity (Wildman–Crippen MR) is 85.0 cm³/mol. The quantitative estimate of drug-likeness (QED) is 0.907. The van der Waals surface area contributed by atoms with Gasteiger partial charge >= 0.3 is 0 Å². The number of aromatic nitrogens is 2. The summed E-state index contributed by atoms with van der Waals surface area (Å²) in [7, 11) is 2.09. The number of rotatable bonds is 4. The number of hydrogen-bond donors (Lipinski definition) is 2. The van der Waals surface area contributed by atoms with Crippen LogP contribution < -0.4 is 5.73 Å². The van der Waals surface area contributed by atoms with Gasteiger partial charge in [-0.2, -0.15) is 0 Å². The van der Waals surface area contributed by atoms with E-state index >= 15 is 0 Å². The number of aryl methyl sites for hydroxylation is 1. The van der Waals surface area contributed by atoms with Crippen LogP contribution in [0.2, 0.25) is 0 Å². The average molecular weight is 287 g/mol. The molecule has 1 aromatic carbocycles. The second-order valence-electron chi connectivity index (χ2n) is 6.32. The number of para-hydroxylation sites is 2. The molecule has 0 saturated heterocycles. The van der Waals surface area contributed by atoms with E-state index in [0.29, 0.717) is 30.9 Å². The minimum Gasteiger partial charge on any atom is -0.396 e. The van der Waals surface area contributed by atoms with Gasteiger partial charge in [-0.3, -0.25) is 0 Å². The van der Waals surface area contributed by atoms with E-state index in [0.717, 1.165) is 37.0 Å². The molecule has 0 aliphatic heterocycles. The predicted octanol–water partition coefficient (Wildman–Crippen LogP) is 2.41. The van der Waals surface area contributed by atoms with Crippen molar-refractivity contribution in [2.75, 3.05) is 13.2 Å². The fraction of sp³-hybridized carbons (Fsp3) is 0.588. The molecule has 1 saturated carbocycles. The minimum atomic E-state index is 0.321. The molecule has 0 amide bonds. The summed E-state index contributed by atoms with van der Waals surface area (Å²) in [6.07, 6.45) is 4.52. The summed E-state index contributed by atoms with van der Waals surface area (Å²) in [6, 6.07) is 8.26. The molecular weight excluding hydrogens is 262 g/mol. The molecule has 1 aromatic heterocycles. The molecule has 21 heavy (non-hydrogen) atoms. The maximum atomic E-state index is 9.29. The summed E-state index contributed by atoms with van der Waals surface area (Å²) in [6.45, 7) is 0.970. The van der Waals surface area contributed by atoms with Crippen LogP contribution in [0, 0.1) is 11.8 Å². The number of hydrogen-bond acceptors (Lipinski definition) is 3. The Hall–Kier alpha value is -1.39. The molecule has 0 radical (unpaired) electrons. The van der Waals surface area contributed by atoms with E-state index in [1.54, 1.807) is 0 Å². The first kappa shape index (κ1) is 14.5. The summed E-state index contributed by atoms with van der Waals surface area (Å²) in [5, 5.41) is 9.29. The molecule has 3 rings (SSSR count). The van der Waals surface area contributed by atoms with E-state index < -0.39 is 0 Å². The van der Waals surface area contributed by atoms with E-state index in [9.17, 15) is 5.11 Å². The standard InChI is InChI=1S/C17H25N3O/c1-20-16-5-3-2-4-15(16)19-17(20)14(10-18)13-8-6-12(11-21)7-9-13/h2-5,12-14,21H,6-11,18H2,1H3. The van der Waals surface area contributed by atoms with E-state index in [4.69, 9.17) is 10.7 Å². The Morgan fingerprint density at radius 2 is 2.00 bits per heavy atom. The maximum Gasteiger partial charge on any atom is 0.114 e. The number of nitrogens with two attached hydrogens (primary N) is 1. The van der Waals surface area contributed by atoms with Crippen LogP contribution in [-0.4, -0.2) is 27.8 Å². The Bertz CT molecular complexity index is 599. The van der Waals surface area contributed by atoms with Crippen LogP contribution in [0.3, 0.4) is 0 Å². The Labute approximate surface area is 126 Å². The van der Waals surface area contributed by atoms with Crippen LogP contribution >= 0.6 is 0 Å². The molecule has 114 valence electrons. The van der Waals surface area contributed by atoms with Gasteiger partial charge in [-0.1, -0.05) is 12.1 Å². The zero-order valence-electron chi connectivity index (χ0n) is 12.7. The average Bonchev–Trinajstić information content (AvgIpc) is 2.86. The summed E-state index contributed by atoms with van der Waals surface area (Å²) in [5.74, 6) is 2.52. The van der Waals surface area contributed by atoms with Crippen LogP contribution in [0.4, 0.5) is 0 Å². The van der Waals surface area contributed by atoms with Crippen LogP contribution in [0.5, 0.6) is 0 Å². The number of nitrogens with zero attached hydrogens (tertiary/aromatic N) is 2. The first-order chi connectivity index (χ1) is 10.2. The highest BCUT2D eigenvalue weighted by Gasteiger charge is 2.30. The lowest BCUT2D eigenvalue weighted by molar-refractivity contribution is 0.156. The Kier molecular flexibility index (Phi) is 4.27. The fourth-order valence-electron chi connectivity index (χ4n) is 3.78. The van der Waals surface area contributed by atoms with Crippen molar-refractivity contribution in [1.82, 2.24) is 9.55 Å². The molecule has 1 heterocycles. The monoisotopic (exact) mass is 287 g/mol. The van der Waals surface area contributed by atoms with Gasteiger partial charge in [0, 0.05) is 26.1 Å². The summed E-state index contributed by atoms with van der Waals surface area (Å²) in [5.41, 5.74) is 8.32.